The van der Waals surface area contributed by atoms with Gasteiger partial charge in [0.15, 0.2) is 5.75 Å². The van der Waals surface area contributed by atoms with Crippen LogP contribution in [0.4, 0.5) is 0 Å². The Morgan fingerprint density at radius 1 is 1.10 bits per heavy atom. The number of ether oxygens (including phenoxy) is 1. The second kappa shape index (κ2) is 4.56. The zero-order valence-corrected chi connectivity index (χ0v) is 12.5. The maximum Gasteiger partial charge on any atom is 0.156 e. The van der Waals surface area contributed by atoms with E-state index in [1.165, 1.54) is 0 Å². The number of rotatable bonds is 2. The van der Waals surface area contributed by atoms with Crippen molar-refractivity contribution in [2.45, 2.75) is 6.92 Å². The van der Waals surface area contributed by atoms with Crippen LogP contribution in [0.3, 0.4) is 0 Å². The highest BCUT2D eigenvalue weighted by atomic mass is 32.1. The molecule has 0 saturated carbocycles. The van der Waals surface area contributed by atoms with Crippen molar-refractivity contribution in [3.05, 3.63) is 41.4 Å². The Labute approximate surface area is 125 Å². The first-order chi connectivity index (χ1) is 10.3. The summed E-state index contributed by atoms with van der Waals surface area (Å²) in [5, 5.41) is 1.03. The number of fused-ring (bicyclic) bond motifs is 2. The van der Waals surface area contributed by atoms with E-state index < -0.39 is 0 Å². The van der Waals surface area contributed by atoms with Crippen LogP contribution in [0, 0.1) is 6.92 Å². The Bertz CT molecular complexity index is 922. The Hall–Kier alpha value is -2.40. The molecular weight excluding hydrogens is 282 g/mol. The first-order valence-electron chi connectivity index (χ1n) is 6.65. The molecule has 0 aliphatic heterocycles. The van der Waals surface area contributed by atoms with Crippen molar-refractivity contribution in [1.29, 1.82) is 0 Å². The number of hydrogen-bond donors (Lipinski definition) is 1. The summed E-state index contributed by atoms with van der Waals surface area (Å²) < 4.78 is 6.74. The van der Waals surface area contributed by atoms with Gasteiger partial charge in [-0.2, -0.15) is 0 Å². The molecule has 0 fully saturated rings. The van der Waals surface area contributed by atoms with Gasteiger partial charge in [0.05, 0.1) is 33.4 Å². The van der Waals surface area contributed by atoms with Gasteiger partial charge in [-0.3, -0.25) is 0 Å². The summed E-state index contributed by atoms with van der Waals surface area (Å²) in [6, 6.07) is 12.1. The normalized spacial score (nSPS) is 11.3. The number of nitrogens with zero attached hydrogens (tertiary/aromatic N) is 2. The highest BCUT2D eigenvalue weighted by Gasteiger charge is 2.16. The van der Waals surface area contributed by atoms with Gasteiger partial charge in [-0.05, 0) is 31.2 Å². The molecule has 0 aliphatic carbocycles. The minimum Gasteiger partial charge on any atom is -0.494 e. The number of aromatic amines is 1. The third kappa shape index (κ3) is 1.89. The number of hydrogen-bond acceptors (Lipinski definition) is 4. The molecule has 21 heavy (non-hydrogen) atoms. The van der Waals surface area contributed by atoms with E-state index >= 15 is 0 Å². The summed E-state index contributed by atoms with van der Waals surface area (Å²) in [4.78, 5) is 12.6. The molecule has 4 aromatic rings. The number of methoxy groups -OCH3 is 1. The lowest BCUT2D eigenvalue weighted by molar-refractivity contribution is 0.420. The summed E-state index contributed by atoms with van der Waals surface area (Å²) in [7, 11) is 1.68. The molecule has 2 aromatic heterocycles. The lowest BCUT2D eigenvalue weighted by Crippen LogP contribution is -1.90. The maximum atomic E-state index is 5.61. The van der Waals surface area contributed by atoms with Crippen LogP contribution in [0.2, 0.25) is 0 Å². The van der Waals surface area contributed by atoms with Gasteiger partial charge in [0.1, 0.15) is 11.3 Å². The first-order valence-corrected chi connectivity index (χ1v) is 7.47. The van der Waals surface area contributed by atoms with Gasteiger partial charge in [0, 0.05) is 0 Å². The minimum atomic E-state index is 0.774. The largest absolute Gasteiger partial charge is 0.494 e. The van der Waals surface area contributed by atoms with Crippen molar-refractivity contribution >= 4 is 32.6 Å². The predicted octanol–water partition coefficient (Wildman–Crippen LogP) is 4.16. The minimum absolute atomic E-state index is 0.774. The predicted molar refractivity (Wildman–Crippen MR) is 86.0 cm³/mol. The molecule has 2 heterocycles. The molecule has 0 bridgehead atoms. The van der Waals surface area contributed by atoms with Crippen LogP contribution in [0.25, 0.3) is 32.6 Å². The van der Waals surface area contributed by atoms with Crippen molar-refractivity contribution in [2.24, 2.45) is 0 Å². The molecule has 1 N–H and O–H groups in total. The molecule has 0 saturated heterocycles. The van der Waals surface area contributed by atoms with Crippen LogP contribution in [0.15, 0.2) is 36.4 Å². The summed E-state index contributed by atoms with van der Waals surface area (Å²) >= 11 is 1.67. The van der Waals surface area contributed by atoms with Crippen LogP contribution in [-0.4, -0.2) is 22.1 Å². The lowest BCUT2D eigenvalue weighted by Gasteiger charge is -2.06. The molecule has 5 heteroatoms. The number of nitrogens with one attached hydrogen (secondary N) is 1. The van der Waals surface area contributed by atoms with Gasteiger partial charge in [-0.1, -0.05) is 12.1 Å². The average Bonchev–Trinajstić information content (AvgIpc) is 3.07. The van der Waals surface area contributed by atoms with Gasteiger partial charge in [-0.25, -0.2) is 9.97 Å². The Morgan fingerprint density at radius 2 is 1.95 bits per heavy atom. The molecule has 0 atom stereocenters. The molecule has 0 radical (unpaired) electrons. The van der Waals surface area contributed by atoms with Crippen molar-refractivity contribution in [1.82, 2.24) is 15.0 Å². The molecule has 2 aromatic carbocycles. The van der Waals surface area contributed by atoms with Gasteiger partial charge in [0.2, 0.25) is 0 Å². The molecule has 4 nitrogen and oxygen atoms in total. The highest BCUT2D eigenvalue weighted by molar-refractivity contribution is 7.18. The van der Waals surface area contributed by atoms with E-state index in [0.29, 0.717) is 0 Å². The molecule has 0 unspecified atom stereocenters. The number of thiazole rings is 1. The monoisotopic (exact) mass is 295 g/mol. The third-order valence-electron chi connectivity index (χ3n) is 3.47. The summed E-state index contributed by atoms with van der Waals surface area (Å²) in [5.41, 5.74) is 3.80. The quantitative estimate of drug-likeness (QED) is 0.604. The molecule has 104 valence electrons. The van der Waals surface area contributed by atoms with Gasteiger partial charge in [0.25, 0.3) is 0 Å². The van der Waals surface area contributed by atoms with E-state index in [2.05, 4.69) is 21.0 Å². The zero-order chi connectivity index (χ0) is 14.4. The van der Waals surface area contributed by atoms with Crippen molar-refractivity contribution in [3.8, 4) is 17.1 Å². The number of imidazole rings is 1. The third-order valence-corrected chi connectivity index (χ3v) is 4.41. The molecule has 0 amide bonds. The van der Waals surface area contributed by atoms with E-state index in [1.54, 1.807) is 18.4 Å². The van der Waals surface area contributed by atoms with Gasteiger partial charge in [-0.15, -0.1) is 11.3 Å². The lowest BCUT2D eigenvalue weighted by atomic mass is 10.1. The molecule has 4 rings (SSSR count). The van der Waals surface area contributed by atoms with Crippen LogP contribution in [-0.2, 0) is 0 Å². The molecular formula is C16H13N3OS. The second-order valence-corrected chi connectivity index (χ2v) is 6.06. The highest BCUT2D eigenvalue weighted by Crippen LogP contribution is 2.37. The van der Waals surface area contributed by atoms with Crippen LogP contribution in [0.5, 0.6) is 5.75 Å². The number of H-pyrrole nitrogens is 1. The van der Waals surface area contributed by atoms with Crippen molar-refractivity contribution in [3.63, 3.8) is 0 Å². The number of benzene rings is 2. The van der Waals surface area contributed by atoms with Gasteiger partial charge < -0.3 is 9.72 Å². The topological polar surface area (TPSA) is 50.8 Å². The van der Waals surface area contributed by atoms with E-state index in [9.17, 15) is 0 Å². The zero-order valence-electron chi connectivity index (χ0n) is 11.7. The van der Waals surface area contributed by atoms with Crippen molar-refractivity contribution < 1.29 is 4.74 Å². The van der Waals surface area contributed by atoms with E-state index in [0.717, 1.165) is 43.4 Å². The van der Waals surface area contributed by atoms with Gasteiger partial charge >= 0.3 is 0 Å². The second-order valence-electron chi connectivity index (χ2n) is 4.83. The first kappa shape index (κ1) is 12.3. The number of para-hydroxylation sites is 2. The summed E-state index contributed by atoms with van der Waals surface area (Å²) in [6.45, 7) is 2.00. The Kier molecular flexibility index (Phi) is 2.68. The van der Waals surface area contributed by atoms with Crippen LogP contribution in [0.1, 0.15) is 5.01 Å². The Morgan fingerprint density at radius 3 is 2.76 bits per heavy atom. The van der Waals surface area contributed by atoms with Crippen molar-refractivity contribution in [2.75, 3.05) is 7.11 Å². The fourth-order valence-corrected chi connectivity index (χ4v) is 3.38. The molecule has 0 spiro atoms. The summed E-state index contributed by atoms with van der Waals surface area (Å²) in [5.74, 6) is 1.58. The smallest absolute Gasteiger partial charge is 0.156 e. The number of aromatic nitrogens is 3. The average molecular weight is 295 g/mol. The molecule has 0 aliphatic rings. The van der Waals surface area contributed by atoms with E-state index in [-0.39, 0.29) is 0 Å². The van der Waals surface area contributed by atoms with Crippen LogP contribution >= 0.6 is 11.3 Å². The van der Waals surface area contributed by atoms with E-state index in [4.69, 9.17) is 4.74 Å². The Balaban J connectivity index is 2.00. The summed E-state index contributed by atoms with van der Waals surface area (Å²) in [6.07, 6.45) is 0. The fourth-order valence-electron chi connectivity index (χ4n) is 2.55. The standard InChI is InChI=1S/C16H13N3OS/c1-9-17-14-13(21-9)8-7-10(15(14)20-2)16-18-11-5-3-4-6-12(11)19-16/h3-8H,1-2H3,(H,18,19). The maximum absolute atomic E-state index is 5.61. The number of aryl methyl sites for hydroxylation is 1. The van der Waals surface area contributed by atoms with Crippen LogP contribution < -0.4 is 4.74 Å². The van der Waals surface area contributed by atoms with E-state index in [1.807, 2.05) is 37.3 Å². The SMILES string of the molecule is COc1c(-c2nc3ccccc3[nH]2)ccc2sc(C)nc12. The fraction of sp³-hybridized carbons (Fsp3) is 0.125.